The molecule has 1 fully saturated rings. The lowest BCUT2D eigenvalue weighted by Crippen LogP contribution is -2.45. The number of rotatable bonds is 1. The van der Waals surface area contributed by atoms with Gasteiger partial charge in [-0.25, -0.2) is 9.59 Å². The van der Waals surface area contributed by atoms with Crippen LogP contribution in [0.4, 0.5) is 4.79 Å². The van der Waals surface area contributed by atoms with Crippen molar-refractivity contribution in [2.24, 2.45) is 5.92 Å². The third-order valence-electron chi connectivity index (χ3n) is 2.71. The average Bonchev–Trinajstić information content (AvgIpc) is 2.40. The van der Waals surface area contributed by atoms with Crippen LogP contribution in [0.3, 0.4) is 0 Å². The Bertz CT molecular complexity index is 322. The highest BCUT2D eigenvalue weighted by molar-refractivity contribution is 5.81. The maximum atomic E-state index is 11.8. The highest BCUT2D eigenvalue weighted by Crippen LogP contribution is 2.26. The second-order valence-corrected chi connectivity index (χ2v) is 5.34. The molecule has 3 atom stereocenters. The van der Waals surface area contributed by atoms with Crippen molar-refractivity contribution >= 4 is 12.1 Å². The SMILES string of the molecule is CC1[C@H](O)CN(C(=O)OC(C)(C)C)[C@@H]1C(=O)O. The lowest BCUT2D eigenvalue weighted by Gasteiger charge is -2.27. The predicted octanol–water partition coefficient (Wildman–Crippen LogP) is 0.687. The molecule has 2 N–H and O–H groups in total. The molecular weight excluding hydrogens is 226 g/mol. The first-order valence-corrected chi connectivity index (χ1v) is 5.54. The van der Waals surface area contributed by atoms with E-state index in [0.717, 1.165) is 4.90 Å². The number of nitrogens with zero attached hydrogens (tertiary/aromatic N) is 1. The zero-order chi connectivity index (χ0) is 13.4. The largest absolute Gasteiger partial charge is 0.480 e. The fraction of sp³-hybridized carbons (Fsp3) is 0.818. The van der Waals surface area contributed by atoms with Crippen LogP contribution in [0.2, 0.25) is 0 Å². The predicted molar refractivity (Wildman–Crippen MR) is 59.5 cm³/mol. The van der Waals surface area contributed by atoms with E-state index in [0.29, 0.717) is 0 Å². The van der Waals surface area contributed by atoms with E-state index >= 15 is 0 Å². The second-order valence-electron chi connectivity index (χ2n) is 5.34. The molecule has 1 aliphatic rings. The highest BCUT2D eigenvalue weighted by atomic mass is 16.6. The Balaban J connectivity index is 2.82. The van der Waals surface area contributed by atoms with Crippen LogP contribution in [0, 0.1) is 5.92 Å². The van der Waals surface area contributed by atoms with Gasteiger partial charge in [0, 0.05) is 5.92 Å². The number of carboxylic acids is 1. The number of amides is 1. The maximum absolute atomic E-state index is 11.8. The number of hydrogen-bond acceptors (Lipinski definition) is 4. The van der Waals surface area contributed by atoms with Crippen molar-refractivity contribution in [1.82, 2.24) is 4.90 Å². The van der Waals surface area contributed by atoms with Crippen molar-refractivity contribution in [3.8, 4) is 0 Å². The molecule has 1 aliphatic heterocycles. The van der Waals surface area contributed by atoms with Crippen LogP contribution in [0.5, 0.6) is 0 Å². The van der Waals surface area contributed by atoms with Crippen molar-refractivity contribution in [2.75, 3.05) is 6.54 Å². The molecule has 0 aromatic rings. The van der Waals surface area contributed by atoms with Gasteiger partial charge in [0.15, 0.2) is 0 Å². The third-order valence-corrected chi connectivity index (χ3v) is 2.71. The molecule has 0 bridgehead atoms. The summed E-state index contributed by atoms with van der Waals surface area (Å²) < 4.78 is 5.11. The van der Waals surface area contributed by atoms with Crippen LogP contribution in [-0.4, -0.2) is 51.5 Å². The van der Waals surface area contributed by atoms with Crippen molar-refractivity contribution in [1.29, 1.82) is 0 Å². The first kappa shape index (κ1) is 13.8. The van der Waals surface area contributed by atoms with E-state index in [1.54, 1.807) is 27.7 Å². The van der Waals surface area contributed by atoms with Crippen LogP contribution in [0.25, 0.3) is 0 Å². The Morgan fingerprint density at radius 1 is 1.35 bits per heavy atom. The van der Waals surface area contributed by atoms with Gasteiger partial charge in [0.25, 0.3) is 0 Å². The zero-order valence-corrected chi connectivity index (χ0v) is 10.5. The molecule has 1 saturated heterocycles. The smallest absolute Gasteiger partial charge is 0.411 e. The molecule has 0 aliphatic carbocycles. The van der Waals surface area contributed by atoms with Gasteiger partial charge >= 0.3 is 12.1 Å². The summed E-state index contributed by atoms with van der Waals surface area (Å²) in [6.45, 7) is 6.71. The van der Waals surface area contributed by atoms with Crippen molar-refractivity contribution in [3.63, 3.8) is 0 Å². The first-order chi connectivity index (χ1) is 7.63. The summed E-state index contributed by atoms with van der Waals surface area (Å²) in [7, 11) is 0. The summed E-state index contributed by atoms with van der Waals surface area (Å²) in [5, 5.41) is 18.7. The van der Waals surface area contributed by atoms with Gasteiger partial charge in [0.05, 0.1) is 12.6 Å². The number of likely N-dealkylation sites (tertiary alicyclic amines) is 1. The van der Waals surface area contributed by atoms with Crippen LogP contribution < -0.4 is 0 Å². The Labute approximate surface area is 100 Å². The minimum atomic E-state index is -1.13. The fourth-order valence-electron chi connectivity index (χ4n) is 1.84. The molecule has 1 amide bonds. The van der Waals surface area contributed by atoms with Gasteiger partial charge in [-0.05, 0) is 20.8 Å². The number of aliphatic hydroxyl groups excluding tert-OH is 1. The molecule has 0 radical (unpaired) electrons. The molecule has 1 rings (SSSR count). The van der Waals surface area contributed by atoms with Gasteiger partial charge in [-0.3, -0.25) is 4.90 Å². The van der Waals surface area contributed by atoms with E-state index in [9.17, 15) is 14.7 Å². The molecule has 0 spiro atoms. The third kappa shape index (κ3) is 3.09. The van der Waals surface area contributed by atoms with Gasteiger partial charge in [0.1, 0.15) is 11.6 Å². The van der Waals surface area contributed by atoms with Crippen LogP contribution >= 0.6 is 0 Å². The number of carbonyl (C=O) groups is 2. The van der Waals surface area contributed by atoms with Gasteiger partial charge < -0.3 is 14.9 Å². The number of aliphatic carboxylic acids is 1. The van der Waals surface area contributed by atoms with E-state index in [1.807, 2.05) is 0 Å². The maximum Gasteiger partial charge on any atom is 0.411 e. The van der Waals surface area contributed by atoms with E-state index in [-0.39, 0.29) is 6.54 Å². The van der Waals surface area contributed by atoms with Gasteiger partial charge in [-0.15, -0.1) is 0 Å². The van der Waals surface area contributed by atoms with Crippen LogP contribution in [0.1, 0.15) is 27.7 Å². The molecule has 17 heavy (non-hydrogen) atoms. The summed E-state index contributed by atoms with van der Waals surface area (Å²) in [6.07, 6.45) is -1.53. The number of carboxylic acid groups (broad SMARTS) is 1. The molecule has 6 heteroatoms. The van der Waals surface area contributed by atoms with Gasteiger partial charge in [-0.1, -0.05) is 6.92 Å². The number of aliphatic hydroxyl groups is 1. The quantitative estimate of drug-likeness (QED) is 0.709. The average molecular weight is 245 g/mol. The van der Waals surface area contributed by atoms with E-state index in [1.165, 1.54) is 0 Å². The Hall–Kier alpha value is -1.30. The number of β-amino-alcohol motifs (C(OH)–C–C–N with tert-alkyl or cyclic N) is 1. The molecular formula is C11H19NO5. The summed E-state index contributed by atoms with van der Waals surface area (Å²) >= 11 is 0. The molecule has 1 heterocycles. The molecule has 6 nitrogen and oxygen atoms in total. The monoisotopic (exact) mass is 245 g/mol. The lowest BCUT2D eigenvalue weighted by atomic mass is 10.0. The molecule has 0 saturated carbocycles. The normalized spacial score (nSPS) is 29.2. The minimum Gasteiger partial charge on any atom is -0.480 e. The molecule has 98 valence electrons. The molecule has 1 unspecified atom stereocenters. The Morgan fingerprint density at radius 2 is 1.88 bits per heavy atom. The van der Waals surface area contributed by atoms with Crippen LogP contribution in [-0.2, 0) is 9.53 Å². The van der Waals surface area contributed by atoms with E-state index in [4.69, 9.17) is 9.84 Å². The molecule has 0 aromatic heterocycles. The lowest BCUT2D eigenvalue weighted by molar-refractivity contribution is -0.143. The van der Waals surface area contributed by atoms with E-state index < -0.39 is 35.7 Å². The fourth-order valence-corrected chi connectivity index (χ4v) is 1.84. The topological polar surface area (TPSA) is 87.1 Å². The number of hydrogen-bond donors (Lipinski definition) is 2. The van der Waals surface area contributed by atoms with Crippen molar-refractivity contribution in [2.45, 2.75) is 45.4 Å². The first-order valence-electron chi connectivity index (χ1n) is 5.54. The number of ether oxygens (including phenoxy) is 1. The van der Waals surface area contributed by atoms with Crippen LogP contribution in [0.15, 0.2) is 0 Å². The Morgan fingerprint density at radius 3 is 2.29 bits per heavy atom. The zero-order valence-electron chi connectivity index (χ0n) is 10.5. The van der Waals surface area contributed by atoms with Gasteiger partial charge in [0.2, 0.25) is 0 Å². The summed E-state index contributed by atoms with van der Waals surface area (Å²) in [5.41, 5.74) is -0.684. The highest BCUT2D eigenvalue weighted by Gasteiger charge is 2.46. The summed E-state index contributed by atoms with van der Waals surface area (Å²) in [4.78, 5) is 23.9. The molecule has 0 aromatic carbocycles. The number of carbonyl (C=O) groups excluding carboxylic acids is 1. The van der Waals surface area contributed by atoms with Crippen molar-refractivity contribution in [3.05, 3.63) is 0 Å². The minimum absolute atomic E-state index is 0.00690. The van der Waals surface area contributed by atoms with Gasteiger partial charge in [-0.2, -0.15) is 0 Å². The second kappa shape index (κ2) is 4.52. The van der Waals surface area contributed by atoms with Crippen molar-refractivity contribution < 1.29 is 24.5 Å². The van der Waals surface area contributed by atoms with E-state index in [2.05, 4.69) is 0 Å². The standard InChI is InChI=1S/C11H19NO5/c1-6-7(13)5-12(8(6)9(14)15)10(16)17-11(2,3)4/h6-8,13H,5H2,1-4H3,(H,14,15)/t6?,7-,8+/m1/s1. The summed E-state index contributed by atoms with van der Waals surface area (Å²) in [5.74, 6) is -1.63. The summed E-state index contributed by atoms with van der Waals surface area (Å²) in [6, 6.07) is -1.03. The Kier molecular flexibility index (Phi) is 3.66.